The lowest BCUT2D eigenvalue weighted by Gasteiger charge is -1.99. The lowest BCUT2D eigenvalue weighted by molar-refractivity contribution is 0.183. The molecule has 0 atom stereocenters. The topological polar surface area (TPSA) is 9.23 Å². The standard InChI is InChI=1S/C8H10.C6H14O.C2H6/c1-2-8-6-4-3-5-7-8;1-6(2)4-5-7-3;1-2/h3-7H,2H2,1H3;6H,4-5H2,1-3H3;1-2H3. The van der Waals surface area contributed by atoms with Gasteiger partial charge in [-0.2, -0.15) is 0 Å². The van der Waals surface area contributed by atoms with Crippen LogP contribution in [0.15, 0.2) is 30.3 Å². The zero-order valence-electron chi connectivity index (χ0n) is 12.5. The third kappa shape index (κ3) is 15.2. The summed E-state index contributed by atoms with van der Waals surface area (Å²) in [6, 6.07) is 10.5. The molecule has 0 unspecified atom stereocenters. The Labute approximate surface area is 108 Å². The first kappa shape index (κ1) is 18.5. The molecule has 1 heteroatoms. The fraction of sp³-hybridized carbons (Fsp3) is 0.625. The number of hydrogen-bond acceptors (Lipinski definition) is 1. The molecular weight excluding hydrogens is 208 g/mol. The van der Waals surface area contributed by atoms with E-state index < -0.39 is 0 Å². The minimum atomic E-state index is 0.778. The molecule has 0 aliphatic carbocycles. The van der Waals surface area contributed by atoms with E-state index in [0.29, 0.717) is 0 Å². The zero-order chi connectivity index (χ0) is 13.5. The number of rotatable bonds is 4. The van der Waals surface area contributed by atoms with Gasteiger partial charge in [0.1, 0.15) is 0 Å². The smallest absolute Gasteiger partial charge is 0.0464 e. The molecule has 1 rings (SSSR count). The van der Waals surface area contributed by atoms with Crippen LogP contribution in [0.2, 0.25) is 0 Å². The largest absolute Gasteiger partial charge is 0.385 e. The van der Waals surface area contributed by atoms with Gasteiger partial charge >= 0.3 is 0 Å². The summed E-state index contributed by atoms with van der Waals surface area (Å²) in [7, 11) is 1.74. The van der Waals surface area contributed by atoms with Gasteiger partial charge < -0.3 is 4.74 Å². The van der Waals surface area contributed by atoms with Crippen LogP contribution in [0, 0.1) is 5.92 Å². The predicted molar refractivity (Wildman–Crippen MR) is 78.5 cm³/mol. The van der Waals surface area contributed by atoms with Crippen molar-refractivity contribution in [3.05, 3.63) is 35.9 Å². The van der Waals surface area contributed by atoms with Crippen molar-refractivity contribution in [3.63, 3.8) is 0 Å². The SMILES string of the molecule is CC.CCc1ccccc1.COCCC(C)C. The summed E-state index contributed by atoms with van der Waals surface area (Å²) in [5.41, 5.74) is 1.41. The Morgan fingerprint density at radius 2 is 1.59 bits per heavy atom. The van der Waals surface area contributed by atoms with Crippen LogP contribution in [0.1, 0.15) is 46.6 Å². The average molecular weight is 238 g/mol. The molecular formula is C16H30O. The van der Waals surface area contributed by atoms with Gasteiger partial charge in [-0.25, -0.2) is 0 Å². The van der Waals surface area contributed by atoms with Gasteiger partial charge in [-0.1, -0.05) is 65.0 Å². The quantitative estimate of drug-likeness (QED) is 0.721. The van der Waals surface area contributed by atoms with Crippen LogP contribution in [-0.2, 0) is 11.2 Å². The third-order valence-electron chi connectivity index (χ3n) is 2.15. The van der Waals surface area contributed by atoms with Gasteiger partial charge in [0, 0.05) is 13.7 Å². The predicted octanol–water partition coefficient (Wildman–Crippen LogP) is 4.95. The molecule has 0 N–H and O–H groups in total. The molecule has 0 amide bonds. The minimum Gasteiger partial charge on any atom is -0.385 e. The van der Waals surface area contributed by atoms with Crippen molar-refractivity contribution in [1.29, 1.82) is 0 Å². The first-order valence-electron chi connectivity index (χ1n) is 6.73. The van der Waals surface area contributed by atoms with E-state index in [-0.39, 0.29) is 0 Å². The van der Waals surface area contributed by atoms with Crippen LogP contribution in [-0.4, -0.2) is 13.7 Å². The highest BCUT2D eigenvalue weighted by Gasteiger charge is 1.89. The van der Waals surface area contributed by atoms with Crippen LogP contribution < -0.4 is 0 Å². The Morgan fingerprint density at radius 3 is 1.82 bits per heavy atom. The van der Waals surface area contributed by atoms with Gasteiger partial charge in [-0.15, -0.1) is 0 Å². The van der Waals surface area contributed by atoms with Crippen LogP contribution >= 0.6 is 0 Å². The molecule has 0 aliphatic heterocycles. The second-order valence-corrected chi connectivity index (χ2v) is 4.01. The van der Waals surface area contributed by atoms with Gasteiger partial charge in [0.25, 0.3) is 0 Å². The summed E-state index contributed by atoms with van der Waals surface area (Å²) < 4.78 is 4.85. The maximum absolute atomic E-state index is 4.85. The molecule has 0 radical (unpaired) electrons. The average Bonchev–Trinajstić information content (AvgIpc) is 2.40. The summed E-state index contributed by atoms with van der Waals surface area (Å²) in [6.07, 6.45) is 2.32. The maximum atomic E-state index is 4.85. The molecule has 0 aromatic heterocycles. The summed E-state index contributed by atoms with van der Waals surface area (Å²) in [5, 5.41) is 0. The molecule has 0 bridgehead atoms. The lowest BCUT2D eigenvalue weighted by atomic mass is 10.1. The highest BCUT2D eigenvalue weighted by Crippen LogP contribution is 1.97. The highest BCUT2D eigenvalue weighted by atomic mass is 16.5. The Morgan fingerprint density at radius 1 is 1.06 bits per heavy atom. The molecule has 100 valence electrons. The van der Waals surface area contributed by atoms with Crippen molar-refractivity contribution >= 4 is 0 Å². The molecule has 1 nitrogen and oxygen atoms in total. The second-order valence-electron chi connectivity index (χ2n) is 4.01. The summed E-state index contributed by atoms with van der Waals surface area (Å²) in [6.45, 7) is 11.4. The normalized spacial score (nSPS) is 8.88. The van der Waals surface area contributed by atoms with E-state index in [4.69, 9.17) is 4.74 Å². The molecule has 0 fully saturated rings. The van der Waals surface area contributed by atoms with E-state index in [2.05, 4.69) is 45.0 Å². The fourth-order valence-corrected chi connectivity index (χ4v) is 1.07. The Hall–Kier alpha value is -0.820. The van der Waals surface area contributed by atoms with E-state index in [9.17, 15) is 0 Å². The number of hydrogen-bond donors (Lipinski definition) is 0. The van der Waals surface area contributed by atoms with Gasteiger partial charge in [-0.05, 0) is 24.3 Å². The van der Waals surface area contributed by atoms with Crippen molar-refractivity contribution in [2.45, 2.75) is 47.5 Å². The number of methoxy groups -OCH3 is 1. The Balaban J connectivity index is 0. The molecule has 17 heavy (non-hydrogen) atoms. The molecule has 0 spiro atoms. The molecule has 0 saturated carbocycles. The van der Waals surface area contributed by atoms with Crippen molar-refractivity contribution in [1.82, 2.24) is 0 Å². The van der Waals surface area contributed by atoms with E-state index in [1.165, 1.54) is 12.0 Å². The van der Waals surface area contributed by atoms with Crippen LogP contribution in [0.5, 0.6) is 0 Å². The molecule has 0 heterocycles. The highest BCUT2D eigenvalue weighted by molar-refractivity contribution is 5.13. The van der Waals surface area contributed by atoms with E-state index in [1.807, 2.05) is 19.9 Å². The lowest BCUT2D eigenvalue weighted by Crippen LogP contribution is -1.93. The van der Waals surface area contributed by atoms with Gasteiger partial charge in [-0.3, -0.25) is 0 Å². The Bertz CT molecular complexity index is 216. The van der Waals surface area contributed by atoms with Crippen LogP contribution in [0.25, 0.3) is 0 Å². The second kappa shape index (κ2) is 15.2. The van der Waals surface area contributed by atoms with Crippen molar-refractivity contribution < 1.29 is 4.74 Å². The summed E-state index contributed by atoms with van der Waals surface area (Å²) in [5.74, 6) is 0.778. The fourth-order valence-electron chi connectivity index (χ4n) is 1.07. The van der Waals surface area contributed by atoms with Crippen molar-refractivity contribution in [2.24, 2.45) is 5.92 Å². The zero-order valence-corrected chi connectivity index (χ0v) is 12.5. The molecule has 0 aliphatic rings. The van der Waals surface area contributed by atoms with Gasteiger partial charge in [0.2, 0.25) is 0 Å². The van der Waals surface area contributed by atoms with Crippen LogP contribution in [0.4, 0.5) is 0 Å². The Kier molecular flexibility index (Phi) is 16.6. The molecule has 1 aromatic carbocycles. The summed E-state index contributed by atoms with van der Waals surface area (Å²) in [4.78, 5) is 0. The molecule has 1 aromatic rings. The monoisotopic (exact) mass is 238 g/mol. The van der Waals surface area contributed by atoms with Crippen molar-refractivity contribution in [3.8, 4) is 0 Å². The van der Waals surface area contributed by atoms with E-state index in [1.54, 1.807) is 7.11 Å². The van der Waals surface area contributed by atoms with Crippen LogP contribution in [0.3, 0.4) is 0 Å². The number of ether oxygens (including phenoxy) is 1. The molecule has 0 saturated heterocycles. The number of aryl methyl sites for hydroxylation is 1. The van der Waals surface area contributed by atoms with E-state index >= 15 is 0 Å². The first-order chi connectivity index (χ1) is 8.20. The third-order valence-corrected chi connectivity index (χ3v) is 2.15. The summed E-state index contributed by atoms with van der Waals surface area (Å²) >= 11 is 0. The van der Waals surface area contributed by atoms with E-state index in [0.717, 1.165) is 18.9 Å². The first-order valence-corrected chi connectivity index (χ1v) is 6.73. The van der Waals surface area contributed by atoms with Crippen molar-refractivity contribution in [2.75, 3.05) is 13.7 Å². The maximum Gasteiger partial charge on any atom is 0.0464 e. The minimum absolute atomic E-state index is 0.778. The van der Waals surface area contributed by atoms with Gasteiger partial charge in [0.15, 0.2) is 0 Å². The van der Waals surface area contributed by atoms with Gasteiger partial charge in [0.05, 0.1) is 0 Å². The number of benzene rings is 1.